The van der Waals surface area contributed by atoms with Gasteiger partial charge in [-0.25, -0.2) is 8.42 Å². The number of hydrogen-bond donors (Lipinski definition) is 1. The van der Waals surface area contributed by atoms with Gasteiger partial charge in [0.05, 0.1) is 23.5 Å². The lowest BCUT2D eigenvalue weighted by Crippen LogP contribution is -2.49. The van der Waals surface area contributed by atoms with E-state index >= 15 is 0 Å². The first-order chi connectivity index (χ1) is 15.1. The number of methoxy groups -OCH3 is 1. The number of rotatable bonds is 4. The molecule has 1 saturated heterocycles. The summed E-state index contributed by atoms with van der Waals surface area (Å²) >= 11 is 0. The number of allylic oxidation sites excluding steroid dienone is 1. The fraction of sp³-hybridized carbons (Fsp3) is 0.333. The Morgan fingerprint density at radius 2 is 1.81 bits per heavy atom. The highest BCUT2D eigenvalue weighted by Gasteiger charge is 2.64. The van der Waals surface area contributed by atoms with Gasteiger partial charge in [0.2, 0.25) is 15.9 Å². The predicted octanol–water partition coefficient (Wildman–Crippen LogP) is 3.16. The van der Waals surface area contributed by atoms with Crippen LogP contribution >= 0.6 is 0 Å². The van der Waals surface area contributed by atoms with Crippen LogP contribution in [0.4, 0.5) is 5.69 Å². The number of esters is 1. The lowest BCUT2D eigenvalue weighted by molar-refractivity contribution is -0.144. The number of amides is 1. The molecule has 3 atom stereocenters. The molecule has 0 radical (unpaired) electrons. The molecule has 0 bridgehead atoms. The Labute approximate surface area is 188 Å². The van der Waals surface area contributed by atoms with Gasteiger partial charge in [-0.05, 0) is 51.0 Å². The van der Waals surface area contributed by atoms with Crippen molar-refractivity contribution in [3.63, 3.8) is 0 Å². The summed E-state index contributed by atoms with van der Waals surface area (Å²) < 4.78 is 33.9. The molecule has 1 amide bonds. The minimum absolute atomic E-state index is 0.0118. The van der Waals surface area contributed by atoms with Crippen LogP contribution in [0.2, 0.25) is 0 Å². The third kappa shape index (κ3) is 3.25. The molecule has 2 aliphatic heterocycles. The SMILES string of the molecule is COC(=O)[C@@H]1C[C@@]2(C(=O)Nc3ccccc32)[C@H](C=C(C)C)N1S(=O)(=O)c1ccc(C)cc1. The van der Waals surface area contributed by atoms with Crippen molar-refractivity contribution in [2.24, 2.45) is 0 Å². The van der Waals surface area contributed by atoms with Crippen LogP contribution in [-0.2, 0) is 29.8 Å². The van der Waals surface area contributed by atoms with Gasteiger partial charge in [-0.1, -0.05) is 47.5 Å². The van der Waals surface area contributed by atoms with E-state index < -0.39 is 33.5 Å². The van der Waals surface area contributed by atoms with Gasteiger partial charge in [0.25, 0.3) is 0 Å². The number of nitrogens with zero attached hydrogens (tertiary/aromatic N) is 1. The van der Waals surface area contributed by atoms with Crippen LogP contribution in [0, 0.1) is 6.92 Å². The van der Waals surface area contributed by atoms with Gasteiger partial charge in [-0.2, -0.15) is 4.31 Å². The summed E-state index contributed by atoms with van der Waals surface area (Å²) in [5.41, 5.74) is 1.81. The minimum Gasteiger partial charge on any atom is -0.468 e. The zero-order chi connectivity index (χ0) is 23.3. The average molecular weight is 455 g/mol. The first kappa shape index (κ1) is 22.2. The maximum atomic E-state index is 13.9. The number of anilines is 1. The molecule has 0 saturated carbocycles. The van der Waals surface area contributed by atoms with E-state index in [1.165, 1.54) is 19.2 Å². The van der Waals surface area contributed by atoms with Crippen molar-refractivity contribution in [1.82, 2.24) is 4.31 Å². The van der Waals surface area contributed by atoms with E-state index in [1.807, 2.05) is 39.0 Å². The van der Waals surface area contributed by atoms with Crippen molar-refractivity contribution in [3.8, 4) is 0 Å². The Kier molecular flexibility index (Phi) is 5.46. The number of carbonyl (C=O) groups excluding carboxylic acids is 2. The van der Waals surface area contributed by atoms with Crippen molar-refractivity contribution in [1.29, 1.82) is 0 Å². The highest BCUT2D eigenvalue weighted by molar-refractivity contribution is 7.89. The van der Waals surface area contributed by atoms with Crippen LogP contribution in [0.5, 0.6) is 0 Å². The molecule has 0 aromatic heterocycles. The van der Waals surface area contributed by atoms with Crippen LogP contribution in [0.3, 0.4) is 0 Å². The average Bonchev–Trinajstić information content (AvgIpc) is 3.24. The van der Waals surface area contributed by atoms with Crippen LogP contribution in [0.1, 0.15) is 31.4 Å². The summed E-state index contributed by atoms with van der Waals surface area (Å²) in [6.45, 7) is 5.55. The Bertz CT molecular complexity index is 1220. The van der Waals surface area contributed by atoms with Gasteiger partial charge in [-0.3, -0.25) is 9.59 Å². The van der Waals surface area contributed by atoms with E-state index in [-0.39, 0.29) is 17.2 Å². The van der Waals surface area contributed by atoms with E-state index in [0.29, 0.717) is 11.3 Å². The van der Waals surface area contributed by atoms with Crippen molar-refractivity contribution >= 4 is 27.6 Å². The molecule has 2 aromatic rings. The smallest absolute Gasteiger partial charge is 0.324 e. The normalized spacial score (nSPS) is 24.8. The number of benzene rings is 2. The molecule has 1 spiro atoms. The zero-order valence-corrected chi connectivity index (χ0v) is 19.3. The lowest BCUT2D eigenvalue weighted by Gasteiger charge is -2.32. The summed E-state index contributed by atoms with van der Waals surface area (Å²) in [4.78, 5) is 26.4. The van der Waals surface area contributed by atoms with Gasteiger partial charge < -0.3 is 10.1 Å². The zero-order valence-electron chi connectivity index (χ0n) is 18.5. The van der Waals surface area contributed by atoms with Gasteiger partial charge in [0, 0.05) is 5.69 Å². The lowest BCUT2D eigenvalue weighted by atomic mass is 9.74. The summed E-state index contributed by atoms with van der Waals surface area (Å²) in [5, 5.41) is 2.89. The van der Waals surface area contributed by atoms with Crippen molar-refractivity contribution in [2.75, 3.05) is 12.4 Å². The molecule has 168 valence electrons. The number of aryl methyl sites for hydroxylation is 1. The Morgan fingerprint density at radius 1 is 1.16 bits per heavy atom. The maximum Gasteiger partial charge on any atom is 0.324 e. The van der Waals surface area contributed by atoms with Crippen LogP contribution in [0.25, 0.3) is 0 Å². The van der Waals surface area contributed by atoms with E-state index in [0.717, 1.165) is 15.4 Å². The molecule has 4 rings (SSSR count). The van der Waals surface area contributed by atoms with Gasteiger partial charge in [0.1, 0.15) is 6.04 Å². The molecule has 1 N–H and O–H groups in total. The molecular weight excluding hydrogens is 428 g/mol. The molecule has 32 heavy (non-hydrogen) atoms. The second-order valence-electron chi connectivity index (χ2n) is 8.55. The molecule has 1 fully saturated rings. The number of hydrogen-bond acceptors (Lipinski definition) is 5. The first-order valence-corrected chi connectivity index (χ1v) is 11.8. The molecule has 8 heteroatoms. The van der Waals surface area contributed by atoms with E-state index in [2.05, 4.69) is 5.32 Å². The molecule has 0 unspecified atom stereocenters. The monoisotopic (exact) mass is 454 g/mol. The van der Waals surface area contributed by atoms with Crippen LogP contribution < -0.4 is 5.32 Å². The quantitative estimate of drug-likeness (QED) is 0.566. The fourth-order valence-corrected chi connectivity index (χ4v) is 6.52. The molecular formula is C24H26N2O5S. The van der Waals surface area contributed by atoms with Gasteiger partial charge in [-0.15, -0.1) is 0 Å². The highest BCUT2D eigenvalue weighted by Crippen LogP contribution is 2.52. The van der Waals surface area contributed by atoms with Crippen molar-refractivity contribution in [3.05, 3.63) is 71.3 Å². The highest BCUT2D eigenvalue weighted by atomic mass is 32.2. The second kappa shape index (κ2) is 7.86. The summed E-state index contributed by atoms with van der Waals surface area (Å²) in [5.74, 6) is -1.02. The fourth-order valence-electron chi connectivity index (χ4n) is 4.76. The predicted molar refractivity (Wildman–Crippen MR) is 121 cm³/mol. The minimum atomic E-state index is -4.14. The number of carbonyl (C=O) groups is 2. The molecule has 2 heterocycles. The second-order valence-corrected chi connectivity index (χ2v) is 10.4. The summed E-state index contributed by atoms with van der Waals surface area (Å²) in [6.07, 6.45) is 1.75. The third-order valence-electron chi connectivity index (χ3n) is 6.22. The largest absolute Gasteiger partial charge is 0.468 e. The standard InChI is InChI=1S/C24H26N2O5S/c1-15(2)13-21-24(18-7-5-6-8-19(18)25-23(24)28)14-20(22(27)31-4)26(21)32(29,30)17-11-9-16(3)10-12-17/h5-13,20-21H,14H2,1-4H3,(H,25,28)/t20-,21-,24-/m0/s1. The molecule has 2 aromatic carbocycles. The third-order valence-corrected chi connectivity index (χ3v) is 8.13. The first-order valence-electron chi connectivity index (χ1n) is 10.4. The van der Waals surface area contributed by atoms with E-state index in [4.69, 9.17) is 4.74 Å². The Morgan fingerprint density at radius 3 is 2.44 bits per heavy atom. The van der Waals surface area contributed by atoms with Gasteiger partial charge >= 0.3 is 5.97 Å². The van der Waals surface area contributed by atoms with Crippen LogP contribution in [-0.4, -0.2) is 43.8 Å². The number of ether oxygens (including phenoxy) is 1. The van der Waals surface area contributed by atoms with E-state index in [9.17, 15) is 18.0 Å². The number of para-hydroxylation sites is 1. The molecule has 2 aliphatic rings. The Balaban J connectivity index is 1.98. The van der Waals surface area contributed by atoms with E-state index in [1.54, 1.807) is 24.3 Å². The number of sulfonamides is 1. The van der Waals surface area contributed by atoms with Gasteiger partial charge in [0.15, 0.2) is 0 Å². The summed E-state index contributed by atoms with van der Waals surface area (Å²) in [6, 6.07) is 11.6. The van der Waals surface area contributed by atoms with Crippen molar-refractivity contribution < 1.29 is 22.7 Å². The van der Waals surface area contributed by atoms with Crippen molar-refractivity contribution in [2.45, 2.75) is 49.6 Å². The summed E-state index contributed by atoms with van der Waals surface area (Å²) in [7, 11) is -2.91. The van der Waals surface area contributed by atoms with Crippen LogP contribution in [0.15, 0.2) is 65.1 Å². The maximum absolute atomic E-state index is 13.9. The number of fused-ring (bicyclic) bond motifs is 2. The molecule has 0 aliphatic carbocycles. The topological polar surface area (TPSA) is 92.8 Å². The molecule has 7 nitrogen and oxygen atoms in total. The Hall–Kier alpha value is -2.97. The number of nitrogens with one attached hydrogen (secondary N) is 1.